The monoisotopic (exact) mass is 494 g/mol. The lowest BCUT2D eigenvalue weighted by Crippen LogP contribution is -2.21. The highest BCUT2D eigenvalue weighted by molar-refractivity contribution is 9.10. The maximum atomic E-state index is 13.0. The molecule has 0 bridgehead atoms. The van der Waals surface area contributed by atoms with Gasteiger partial charge in [0.15, 0.2) is 11.7 Å². The first kappa shape index (κ1) is 21.5. The lowest BCUT2D eigenvalue weighted by molar-refractivity contribution is -0.144. The van der Waals surface area contributed by atoms with Crippen molar-refractivity contribution < 1.29 is 18.7 Å². The second-order valence-electron chi connectivity index (χ2n) is 5.95. The number of benzene rings is 2. The number of carbonyl (C=O) groups is 2. The molecule has 0 aliphatic rings. The van der Waals surface area contributed by atoms with Gasteiger partial charge in [-0.3, -0.25) is 14.9 Å². The largest absolute Gasteiger partial charge is 0.455 e. The molecule has 29 heavy (non-hydrogen) atoms. The van der Waals surface area contributed by atoms with Crippen molar-refractivity contribution in [1.82, 2.24) is 4.98 Å². The average Bonchev–Trinajstić information content (AvgIpc) is 3.14. The molecular weight excluding hydrogens is 479 g/mol. The van der Waals surface area contributed by atoms with Crippen LogP contribution in [0.3, 0.4) is 0 Å². The number of halogens is 2. The molecule has 5 nitrogen and oxygen atoms in total. The smallest absolute Gasteiger partial charge is 0.316 e. The summed E-state index contributed by atoms with van der Waals surface area (Å²) in [6.07, 6.45) is 0. The van der Waals surface area contributed by atoms with Gasteiger partial charge in [-0.15, -0.1) is 23.1 Å². The van der Waals surface area contributed by atoms with Gasteiger partial charge in [0.2, 0.25) is 0 Å². The quantitative estimate of drug-likeness (QED) is 0.356. The van der Waals surface area contributed by atoms with Crippen LogP contribution in [-0.4, -0.2) is 29.2 Å². The van der Waals surface area contributed by atoms with E-state index in [0.717, 1.165) is 20.5 Å². The lowest BCUT2D eigenvalue weighted by atomic mass is 10.2. The highest BCUT2D eigenvalue weighted by Crippen LogP contribution is 2.26. The van der Waals surface area contributed by atoms with Crippen LogP contribution < -0.4 is 5.32 Å². The van der Waals surface area contributed by atoms with E-state index in [1.807, 2.05) is 25.1 Å². The first-order valence-corrected chi connectivity index (χ1v) is 11.1. The number of hydrogen-bond donors (Lipinski definition) is 1. The number of aryl methyl sites for hydroxylation is 1. The lowest BCUT2D eigenvalue weighted by Gasteiger charge is -2.07. The van der Waals surface area contributed by atoms with Crippen molar-refractivity contribution in [3.05, 3.63) is 63.7 Å². The Labute approximate surface area is 183 Å². The summed E-state index contributed by atoms with van der Waals surface area (Å²) in [7, 11) is 0. The summed E-state index contributed by atoms with van der Waals surface area (Å²) in [5, 5.41) is 4.73. The van der Waals surface area contributed by atoms with Crippen molar-refractivity contribution in [2.75, 3.05) is 17.7 Å². The summed E-state index contributed by atoms with van der Waals surface area (Å²) in [5.41, 5.74) is 2.43. The summed E-state index contributed by atoms with van der Waals surface area (Å²) in [6.45, 7) is 1.57. The minimum Gasteiger partial charge on any atom is -0.455 e. The summed E-state index contributed by atoms with van der Waals surface area (Å²) in [4.78, 5) is 29.1. The average molecular weight is 495 g/mol. The van der Waals surface area contributed by atoms with Crippen LogP contribution >= 0.6 is 39.0 Å². The maximum Gasteiger partial charge on any atom is 0.316 e. The fourth-order valence-electron chi connectivity index (χ4n) is 2.34. The molecule has 1 amide bonds. The van der Waals surface area contributed by atoms with E-state index in [0.29, 0.717) is 10.8 Å². The van der Waals surface area contributed by atoms with E-state index in [1.54, 1.807) is 17.5 Å². The third kappa shape index (κ3) is 6.38. The maximum absolute atomic E-state index is 13.0. The molecular formula is C20H16BrFN2O3S2. The SMILES string of the molecule is Cc1cc(Br)ccc1SCC(=O)OCC(=O)Nc1nc(-c2ccc(F)cc2)cs1. The number of anilines is 1. The molecule has 3 rings (SSSR count). The number of carbonyl (C=O) groups excluding carboxylic acids is 2. The summed E-state index contributed by atoms with van der Waals surface area (Å²) in [6, 6.07) is 11.7. The van der Waals surface area contributed by atoms with Gasteiger partial charge in [-0.05, 0) is 55.0 Å². The Morgan fingerprint density at radius 3 is 2.72 bits per heavy atom. The van der Waals surface area contributed by atoms with Gasteiger partial charge in [0.1, 0.15) is 5.82 Å². The Bertz CT molecular complexity index is 1020. The number of nitrogens with one attached hydrogen (secondary N) is 1. The Kier molecular flexibility index (Phi) is 7.40. The number of rotatable bonds is 7. The molecule has 0 atom stereocenters. The van der Waals surface area contributed by atoms with Gasteiger partial charge >= 0.3 is 5.97 Å². The molecule has 9 heteroatoms. The van der Waals surface area contributed by atoms with Crippen LogP contribution in [0.2, 0.25) is 0 Å². The van der Waals surface area contributed by atoms with Crippen LogP contribution in [0.5, 0.6) is 0 Å². The van der Waals surface area contributed by atoms with Crippen LogP contribution in [-0.2, 0) is 14.3 Å². The first-order valence-electron chi connectivity index (χ1n) is 8.46. The zero-order valence-corrected chi connectivity index (χ0v) is 18.5. The van der Waals surface area contributed by atoms with Crippen molar-refractivity contribution >= 4 is 56.0 Å². The van der Waals surface area contributed by atoms with Crippen LogP contribution in [0.15, 0.2) is 57.2 Å². The Balaban J connectivity index is 1.45. The van der Waals surface area contributed by atoms with E-state index >= 15 is 0 Å². The zero-order valence-electron chi connectivity index (χ0n) is 15.3. The molecule has 0 unspecified atom stereocenters. The van der Waals surface area contributed by atoms with Crippen molar-refractivity contribution in [3.8, 4) is 11.3 Å². The van der Waals surface area contributed by atoms with Gasteiger partial charge in [-0.25, -0.2) is 9.37 Å². The Morgan fingerprint density at radius 1 is 1.24 bits per heavy atom. The van der Waals surface area contributed by atoms with E-state index in [4.69, 9.17) is 4.74 Å². The molecule has 1 aromatic heterocycles. The molecule has 0 aliphatic heterocycles. The van der Waals surface area contributed by atoms with Crippen molar-refractivity contribution in [3.63, 3.8) is 0 Å². The van der Waals surface area contributed by atoms with Crippen LogP contribution in [0.25, 0.3) is 11.3 Å². The second kappa shape index (κ2) is 10.00. The summed E-state index contributed by atoms with van der Waals surface area (Å²) in [5.74, 6) is -1.16. The summed E-state index contributed by atoms with van der Waals surface area (Å²) >= 11 is 5.99. The Hall–Kier alpha value is -2.23. The number of thioether (sulfide) groups is 1. The summed E-state index contributed by atoms with van der Waals surface area (Å²) < 4.78 is 19.0. The molecule has 0 radical (unpaired) electrons. The van der Waals surface area contributed by atoms with E-state index in [1.165, 1.54) is 35.2 Å². The van der Waals surface area contributed by atoms with Crippen LogP contribution in [0.1, 0.15) is 5.56 Å². The predicted octanol–water partition coefficient (Wildman–Crippen LogP) is 5.29. The minimum absolute atomic E-state index is 0.113. The van der Waals surface area contributed by atoms with Crippen LogP contribution in [0.4, 0.5) is 9.52 Å². The number of hydrogen-bond acceptors (Lipinski definition) is 6. The third-order valence-electron chi connectivity index (χ3n) is 3.74. The molecule has 0 saturated carbocycles. The second-order valence-corrected chi connectivity index (χ2v) is 8.74. The predicted molar refractivity (Wildman–Crippen MR) is 117 cm³/mol. The Morgan fingerprint density at radius 2 is 2.00 bits per heavy atom. The number of nitrogens with zero attached hydrogens (tertiary/aromatic N) is 1. The molecule has 0 spiro atoms. The fourth-order valence-corrected chi connectivity index (χ4v) is 4.36. The van der Waals surface area contributed by atoms with Crippen LogP contribution in [0, 0.1) is 12.7 Å². The number of esters is 1. The number of aromatic nitrogens is 1. The topological polar surface area (TPSA) is 68.3 Å². The van der Waals surface area contributed by atoms with Crippen molar-refractivity contribution in [2.45, 2.75) is 11.8 Å². The normalized spacial score (nSPS) is 10.6. The van der Waals surface area contributed by atoms with Gasteiger partial charge in [0, 0.05) is 20.3 Å². The molecule has 0 saturated heterocycles. The van der Waals surface area contributed by atoms with E-state index in [9.17, 15) is 14.0 Å². The third-order valence-corrected chi connectivity index (χ3v) is 6.14. The molecule has 1 N–H and O–H groups in total. The van der Waals surface area contributed by atoms with E-state index in [-0.39, 0.29) is 18.2 Å². The molecule has 1 heterocycles. The number of amides is 1. The van der Waals surface area contributed by atoms with Gasteiger partial charge in [0.05, 0.1) is 11.4 Å². The molecule has 0 fully saturated rings. The van der Waals surface area contributed by atoms with Gasteiger partial charge in [0.25, 0.3) is 5.91 Å². The number of ether oxygens (including phenoxy) is 1. The fraction of sp³-hybridized carbons (Fsp3) is 0.150. The standard InChI is InChI=1S/C20H16BrFN2O3S2/c1-12-8-14(21)4-7-17(12)28-11-19(26)27-9-18(25)24-20-23-16(10-29-20)13-2-5-15(22)6-3-13/h2-8,10H,9,11H2,1H3,(H,23,24,25). The highest BCUT2D eigenvalue weighted by atomic mass is 79.9. The molecule has 150 valence electrons. The van der Waals surface area contributed by atoms with Gasteiger partial charge < -0.3 is 4.74 Å². The minimum atomic E-state index is -0.474. The number of thiazole rings is 1. The van der Waals surface area contributed by atoms with Gasteiger partial charge in [-0.1, -0.05) is 15.9 Å². The molecule has 3 aromatic rings. The highest BCUT2D eigenvalue weighted by Gasteiger charge is 2.12. The zero-order chi connectivity index (χ0) is 20.8. The van der Waals surface area contributed by atoms with E-state index < -0.39 is 11.9 Å². The van der Waals surface area contributed by atoms with Crippen molar-refractivity contribution in [2.24, 2.45) is 0 Å². The first-order chi connectivity index (χ1) is 13.9. The van der Waals surface area contributed by atoms with Gasteiger partial charge in [-0.2, -0.15) is 0 Å². The van der Waals surface area contributed by atoms with Crippen molar-refractivity contribution in [1.29, 1.82) is 0 Å². The van der Waals surface area contributed by atoms with E-state index in [2.05, 4.69) is 26.2 Å². The molecule has 2 aromatic carbocycles. The molecule has 0 aliphatic carbocycles.